The van der Waals surface area contributed by atoms with Crippen LogP contribution in [0.4, 0.5) is 8.78 Å². The molecule has 2 rings (SSSR count). The van der Waals surface area contributed by atoms with Crippen molar-refractivity contribution < 1.29 is 8.78 Å². The lowest BCUT2D eigenvalue weighted by atomic mass is 9.96. The highest BCUT2D eigenvalue weighted by atomic mass is 35.5. The number of hydrogen-bond acceptors (Lipinski definition) is 1. The van der Waals surface area contributed by atoms with Gasteiger partial charge < -0.3 is 5.32 Å². The molecule has 1 nitrogen and oxygen atoms in total. The lowest BCUT2D eigenvalue weighted by Crippen LogP contribution is -2.24. The van der Waals surface area contributed by atoms with Crippen LogP contribution in [0.15, 0.2) is 36.4 Å². The van der Waals surface area contributed by atoms with Gasteiger partial charge in [-0.2, -0.15) is 0 Å². The van der Waals surface area contributed by atoms with Gasteiger partial charge in [0.2, 0.25) is 0 Å². The van der Waals surface area contributed by atoms with Crippen LogP contribution in [-0.4, -0.2) is 6.54 Å². The van der Waals surface area contributed by atoms with Gasteiger partial charge in [0, 0.05) is 5.56 Å². The second-order valence-corrected chi connectivity index (χ2v) is 5.43. The molecule has 0 saturated heterocycles. The Morgan fingerprint density at radius 3 is 2.57 bits per heavy atom. The topological polar surface area (TPSA) is 12.0 Å². The molecular formula is C17H18ClF2N. The van der Waals surface area contributed by atoms with Gasteiger partial charge in [0.05, 0.1) is 11.1 Å². The average Bonchev–Trinajstić information content (AvgIpc) is 2.47. The van der Waals surface area contributed by atoms with E-state index in [9.17, 15) is 8.78 Å². The Morgan fingerprint density at radius 2 is 1.86 bits per heavy atom. The zero-order valence-corrected chi connectivity index (χ0v) is 12.8. The van der Waals surface area contributed by atoms with Gasteiger partial charge in [-0.1, -0.05) is 48.4 Å². The fourth-order valence-corrected chi connectivity index (χ4v) is 2.54. The summed E-state index contributed by atoms with van der Waals surface area (Å²) in [5.41, 5.74) is 1.98. The highest BCUT2D eigenvalue weighted by Crippen LogP contribution is 2.31. The zero-order chi connectivity index (χ0) is 15.4. The summed E-state index contributed by atoms with van der Waals surface area (Å²) >= 11 is 6.07. The van der Waals surface area contributed by atoms with Crippen LogP contribution in [0.2, 0.25) is 5.02 Å². The fraction of sp³-hybridized carbons (Fsp3) is 0.294. The maximum atomic E-state index is 14.2. The van der Waals surface area contributed by atoms with E-state index in [1.165, 1.54) is 12.1 Å². The molecule has 0 fully saturated rings. The lowest BCUT2D eigenvalue weighted by Gasteiger charge is -2.22. The van der Waals surface area contributed by atoms with Gasteiger partial charge in [-0.25, -0.2) is 8.78 Å². The smallest absolute Gasteiger partial charge is 0.142 e. The van der Waals surface area contributed by atoms with Crippen LogP contribution in [-0.2, 0) is 0 Å². The molecule has 0 aliphatic rings. The molecule has 0 aliphatic heterocycles. The van der Waals surface area contributed by atoms with Gasteiger partial charge in [0.25, 0.3) is 0 Å². The van der Waals surface area contributed by atoms with Crippen LogP contribution in [0.3, 0.4) is 0 Å². The minimum absolute atomic E-state index is 0.0343. The molecule has 0 amide bonds. The van der Waals surface area contributed by atoms with Gasteiger partial charge in [-0.3, -0.25) is 0 Å². The molecule has 1 unspecified atom stereocenters. The van der Waals surface area contributed by atoms with Crippen LogP contribution < -0.4 is 5.32 Å². The predicted octanol–water partition coefficient (Wildman–Crippen LogP) is 5.02. The van der Waals surface area contributed by atoms with Crippen molar-refractivity contribution in [3.8, 4) is 0 Å². The first-order valence-corrected chi connectivity index (χ1v) is 7.35. The molecule has 1 N–H and O–H groups in total. The first kappa shape index (κ1) is 15.9. The Hall–Kier alpha value is -1.45. The third-order valence-corrected chi connectivity index (χ3v) is 3.75. The van der Waals surface area contributed by atoms with Crippen molar-refractivity contribution in [2.75, 3.05) is 6.54 Å². The van der Waals surface area contributed by atoms with Crippen LogP contribution in [0.5, 0.6) is 0 Å². The van der Waals surface area contributed by atoms with Crippen molar-refractivity contribution in [2.45, 2.75) is 26.3 Å². The van der Waals surface area contributed by atoms with E-state index in [2.05, 4.69) is 5.32 Å². The maximum absolute atomic E-state index is 14.2. The second-order valence-electron chi connectivity index (χ2n) is 5.06. The first-order valence-electron chi connectivity index (χ1n) is 6.98. The van der Waals surface area contributed by atoms with E-state index in [1.54, 1.807) is 24.3 Å². The molecule has 0 bridgehead atoms. The summed E-state index contributed by atoms with van der Waals surface area (Å²) in [6.07, 6.45) is 0.886. The number of nitrogens with one attached hydrogen (secondary N) is 1. The predicted molar refractivity (Wildman–Crippen MR) is 82.7 cm³/mol. The molecule has 2 aromatic rings. The highest BCUT2D eigenvalue weighted by molar-refractivity contribution is 6.31. The molecule has 0 radical (unpaired) electrons. The van der Waals surface area contributed by atoms with Crippen molar-refractivity contribution in [1.82, 2.24) is 5.32 Å². The summed E-state index contributed by atoms with van der Waals surface area (Å²) < 4.78 is 27.9. The minimum Gasteiger partial charge on any atom is -0.306 e. The van der Waals surface area contributed by atoms with E-state index in [0.717, 1.165) is 12.0 Å². The second kappa shape index (κ2) is 7.01. The molecule has 0 heterocycles. The normalized spacial score (nSPS) is 12.4. The molecule has 112 valence electrons. The number of halogens is 3. The first-order chi connectivity index (χ1) is 10.0. The van der Waals surface area contributed by atoms with Crippen LogP contribution >= 0.6 is 11.6 Å². The van der Waals surface area contributed by atoms with E-state index < -0.39 is 11.9 Å². The van der Waals surface area contributed by atoms with Gasteiger partial charge >= 0.3 is 0 Å². The van der Waals surface area contributed by atoms with E-state index in [4.69, 9.17) is 11.6 Å². The minimum atomic E-state index is -0.495. The van der Waals surface area contributed by atoms with Gasteiger partial charge in [-0.15, -0.1) is 0 Å². The Balaban J connectivity index is 2.52. The van der Waals surface area contributed by atoms with Gasteiger partial charge in [0.15, 0.2) is 0 Å². The molecular weight excluding hydrogens is 292 g/mol. The standard InChI is InChI=1S/C17H18ClF2N/c1-3-9-21-17(12-5-4-6-15(20)16(12)18)13-10-11(2)7-8-14(13)19/h4-8,10,17,21H,3,9H2,1-2H3. The number of hydrogen-bond donors (Lipinski definition) is 1. The van der Waals surface area contributed by atoms with Crippen molar-refractivity contribution in [3.05, 3.63) is 69.7 Å². The molecule has 0 spiro atoms. The quantitative estimate of drug-likeness (QED) is 0.818. The average molecular weight is 310 g/mol. The highest BCUT2D eigenvalue weighted by Gasteiger charge is 2.21. The number of rotatable bonds is 5. The molecule has 0 aromatic heterocycles. The lowest BCUT2D eigenvalue weighted by molar-refractivity contribution is 0.542. The summed E-state index contributed by atoms with van der Waals surface area (Å²) in [4.78, 5) is 0. The molecule has 1 atom stereocenters. The largest absolute Gasteiger partial charge is 0.306 e. The Kier molecular flexibility index (Phi) is 5.32. The van der Waals surface area contributed by atoms with Crippen LogP contribution in [0, 0.1) is 18.6 Å². The molecule has 0 saturated carbocycles. The number of aryl methyl sites for hydroxylation is 1. The third-order valence-electron chi connectivity index (χ3n) is 3.35. The van der Waals surface area contributed by atoms with E-state index in [-0.39, 0.29) is 10.8 Å². The van der Waals surface area contributed by atoms with Crippen molar-refractivity contribution in [2.24, 2.45) is 0 Å². The zero-order valence-electron chi connectivity index (χ0n) is 12.1. The Morgan fingerprint density at radius 1 is 1.10 bits per heavy atom. The third kappa shape index (κ3) is 3.60. The molecule has 0 aliphatic carbocycles. The van der Waals surface area contributed by atoms with Gasteiger partial charge in [-0.05, 0) is 37.6 Å². The molecule has 2 aromatic carbocycles. The summed E-state index contributed by atoms with van der Waals surface area (Å²) in [6, 6.07) is 9.06. The fourth-order valence-electron chi connectivity index (χ4n) is 2.30. The van der Waals surface area contributed by atoms with Crippen molar-refractivity contribution in [3.63, 3.8) is 0 Å². The van der Waals surface area contributed by atoms with Crippen LogP contribution in [0.1, 0.15) is 36.1 Å². The monoisotopic (exact) mass is 309 g/mol. The van der Waals surface area contributed by atoms with Gasteiger partial charge in [0.1, 0.15) is 11.6 Å². The summed E-state index contributed by atoms with van der Waals surface area (Å²) in [6.45, 7) is 4.60. The van der Waals surface area contributed by atoms with E-state index >= 15 is 0 Å². The number of benzene rings is 2. The molecule has 4 heteroatoms. The van der Waals surface area contributed by atoms with E-state index in [1.807, 2.05) is 13.8 Å². The SMILES string of the molecule is CCCNC(c1cc(C)ccc1F)c1cccc(F)c1Cl. The van der Waals surface area contributed by atoms with Crippen LogP contribution in [0.25, 0.3) is 0 Å². The van der Waals surface area contributed by atoms with Crippen molar-refractivity contribution >= 4 is 11.6 Å². The summed E-state index contributed by atoms with van der Waals surface area (Å²) in [5, 5.41) is 3.28. The Labute approximate surface area is 128 Å². The summed E-state index contributed by atoms with van der Waals surface area (Å²) in [7, 11) is 0. The summed E-state index contributed by atoms with van der Waals surface area (Å²) in [5.74, 6) is -0.819. The van der Waals surface area contributed by atoms with Crippen molar-refractivity contribution in [1.29, 1.82) is 0 Å². The Bertz CT molecular complexity index is 626. The molecule has 21 heavy (non-hydrogen) atoms. The van der Waals surface area contributed by atoms with E-state index in [0.29, 0.717) is 17.7 Å². The maximum Gasteiger partial charge on any atom is 0.142 e.